The molecular formula is C16H18ClNO2S. The second-order valence-electron chi connectivity index (χ2n) is 5.12. The minimum Gasteiger partial charge on any atom is -0.461 e. The van der Waals surface area contributed by atoms with Crippen molar-refractivity contribution in [3.05, 3.63) is 39.9 Å². The third-order valence-corrected chi connectivity index (χ3v) is 4.19. The molecule has 3 nitrogen and oxygen atoms in total. The summed E-state index contributed by atoms with van der Waals surface area (Å²) < 4.78 is 5.10. The molecule has 0 atom stereocenters. The number of nitrogens with zero attached hydrogens (tertiary/aromatic N) is 1. The fraction of sp³-hybridized carbons (Fsp3) is 0.375. The summed E-state index contributed by atoms with van der Waals surface area (Å²) in [6.45, 7) is 6.38. The number of aromatic nitrogens is 1. The largest absolute Gasteiger partial charge is 0.461 e. The van der Waals surface area contributed by atoms with Crippen molar-refractivity contribution in [2.24, 2.45) is 5.92 Å². The summed E-state index contributed by atoms with van der Waals surface area (Å²) in [5, 5.41) is 1.46. The van der Waals surface area contributed by atoms with Gasteiger partial charge in [0, 0.05) is 15.5 Å². The van der Waals surface area contributed by atoms with Crippen LogP contribution in [0.15, 0.2) is 24.3 Å². The molecule has 0 N–H and O–H groups in total. The van der Waals surface area contributed by atoms with E-state index in [2.05, 4.69) is 18.8 Å². The lowest BCUT2D eigenvalue weighted by Gasteiger charge is -2.04. The molecule has 2 aromatic rings. The third-order valence-electron chi connectivity index (χ3n) is 2.83. The molecular weight excluding hydrogens is 306 g/mol. The van der Waals surface area contributed by atoms with E-state index in [0.29, 0.717) is 23.2 Å². The van der Waals surface area contributed by atoms with Crippen molar-refractivity contribution in [1.82, 2.24) is 4.98 Å². The molecule has 0 saturated carbocycles. The zero-order chi connectivity index (χ0) is 15.4. The summed E-state index contributed by atoms with van der Waals surface area (Å²) in [5.41, 5.74) is 1.36. The molecule has 0 aliphatic heterocycles. The molecule has 0 radical (unpaired) electrons. The molecule has 1 heterocycles. The summed E-state index contributed by atoms with van der Waals surface area (Å²) in [4.78, 5) is 17.5. The maximum Gasteiger partial charge on any atom is 0.358 e. The highest BCUT2D eigenvalue weighted by Gasteiger charge is 2.20. The van der Waals surface area contributed by atoms with Crippen molar-refractivity contribution >= 4 is 28.9 Å². The van der Waals surface area contributed by atoms with Gasteiger partial charge in [0.1, 0.15) is 5.01 Å². The van der Waals surface area contributed by atoms with Gasteiger partial charge in [-0.25, -0.2) is 9.78 Å². The number of halogens is 1. The minimum absolute atomic E-state index is 0.349. The molecule has 0 aliphatic carbocycles. The maximum atomic E-state index is 12.1. The Kier molecular flexibility index (Phi) is 5.37. The number of benzene rings is 1. The van der Waals surface area contributed by atoms with E-state index in [-0.39, 0.29) is 5.97 Å². The summed E-state index contributed by atoms with van der Waals surface area (Å²) in [7, 11) is 0. The highest BCUT2D eigenvalue weighted by Crippen LogP contribution is 2.31. The standard InChI is InChI=1S/C16H18ClNO2S/c1-4-20-16(19)14-13(8-10(2)3)21-15(18-14)11-6-5-7-12(17)9-11/h5-7,9-10H,4,8H2,1-3H3. The van der Waals surface area contributed by atoms with E-state index in [1.807, 2.05) is 24.3 Å². The molecule has 0 aliphatic rings. The van der Waals surface area contributed by atoms with Crippen molar-refractivity contribution in [1.29, 1.82) is 0 Å². The molecule has 1 aromatic carbocycles. The molecule has 112 valence electrons. The van der Waals surface area contributed by atoms with Crippen molar-refractivity contribution in [2.45, 2.75) is 27.2 Å². The van der Waals surface area contributed by atoms with Crippen molar-refractivity contribution in [3.8, 4) is 10.6 Å². The first-order valence-electron chi connectivity index (χ1n) is 6.94. The topological polar surface area (TPSA) is 39.2 Å². The lowest BCUT2D eigenvalue weighted by Crippen LogP contribution is -2.08. The summed E-state index contributed by atoms with van der Waals surface area (Å²) in [5.74, 6) is 0.100. The van der Waals surface area contributed by atoms with Gasteiger partial charge >= 0.3 is 5.97 Å². The van der Waals surface area contributed by atoms with Gasteiger partial charge in [-0.1, -0.05) is 37.6 Å². The molecule has 2 rings (SSSR count). The molecule has 1 aromatic heterocycles. The van der Waals surface area contributed by atoms with Crippen LogP contribution in [0.2, 0.25) is 5.02 Å². The van der Waals surface area contributed by atoms with Gasteiger partial charge in [-0.15, -0.1) is 11.3 Å². The monoisotopic (exact) mass is 323 g/mol. The molecule has 5 heteroatoms. The number of esters is 1. The van der Waals surface area contributed by atoms with E-state index in [4.69, 9.17) is 16.3 Å². The Morgan fingerprint density at radius 1 is 1.43 bits per heavy atom. The Morgan fingerprint density at radius 2 is 2.19 bits per heavy atom. The van der Waals surface area contributed by atoms with Crippen LogP contribution >= 0.6 is 22.9 Å². The number of hydrogen-bond acceptors (Lipinski definition) is 4. The van der Waals surface area contributed by atoms with E-state index in [9.17, 15) is 4.79 Å². The predicted octanol–water partition coefficient (Wildman–Crippen LogP) is 4.84. The van der Waals surface area contributed by atoms with Crippen LogP contribution in [0.1, 0.15) is 36.1 Å². The van der Waals surface area contributed by atoms with Gasteiger partial charge in [0.25, 0.3) is 0 Å². The van der Waals surface area contributed by atoms with Gasteiger partial charge < -0.3 is 4.74 Å². The Labute approximate surface area is 133 Å². The van der Waals surface area contributed by atoms with Crippen LogP contribution in [-0.4, -0.2) is 17.6 Å². The highest BCUT2D eigenvalue weighted by atomic mass is 35.5. The lowest BCUT2D eigenvalue weighted by molar-refractivity contribution is 0.0519. The lowest BCUT2D eigenvalue weighted by atomic mass is 10.1. The maximum absolute atomic E-state index is 12.1. The summed E-state index contributed by atoms with van der Waals surface area (Å²) >= 11 is 7.56. The minimum atomic E-state index is -0.349. The smallest absolute Gasteiger partial charge is 0.358 e. The van der Waals surface area contributed by atoms with E-state index < -0.39 is 0 Å². The molecule has 0 spiro atoms. The molecule has 0 saturated heterocycles. The van der Waals surface area contributed by atoms with Gasteiger partial charge in [-0.3, -0.25) is 0 Å². The highest BCUT2D eigenvalue weighted by molar-refractivity contribution is 7.15. The fourth-order valence-corrected chi connectivity index (χ4v) is 3.41. The Morgan fingerprint density at radius 3 is 2.81 bits per heavy atom. The second-order valence-corrected chi connectivity index (χ2v) is 6.64. The quantitative estimate of drug-likeness (QED) is 0.739. The average Bonchev–Trinajstić information content (AvgIpc) is 2.82. The summed E-state index contributed by atoms with van der Waals surface area (Å²) in [6, 6.07) is 7.50. The molecule has 21 heavy (non-hydrogen) atoms. The number of thiazole rings is 1. The van der Waals surface area contributed by atoms with Crippen LogP contribution < -0.4 is 0 Å². The fourth-order valence-electron chi connectivity index (χ4n) is 1.96. The first kappa shape index (κ1) is 16.0. The van der Waals surface area contributed by atoms with Crippen molar-refractivity contribution in [3.63, 3.8) is 0 Å². The van der Waals surface area contributed by atoms with Gasteiger partial charge in [-0.05, 0) is 31.4 Å². The number of carbonyl (C=O) groups is 1. The van der Waals surface area contributed by atoms with Crippen molar-refractivity contribution in [2.75, 3.05) is 6.61 Å². The van der Waals surface area contributed by atoms with Gasteiger partial charge in [-0.2, -0.15) is 0 Å². The van der Waals surface area contributed by atoms with Gasteiger partial charge in [0.15, 0.2) is 5.69 Å². The number of rotatable bonds is 5. The van der Waals surface area contributed by atoms with E-state index in [1.165, 1.54) is 11.3 Å². The van der Waals surface area contributed by atoms with Crippen LogP contribution in [0.3, 0.4) is 0 Å². The van der Waals surface area contributed by atoms with Crippen LogP contribution in [0.4, 0.5) is 0 Å². The Balaban J connectivity index is 2.42. The molecule has 0 amide bonds. The average molecular weight is 324 g/mol. The Hall–Kier alpha value is -1.39. The summed E-state index contributed by atoms with van der Waals surface area (Å²) in [6.07, 6.45) is 0.812. The predicted molar refractivity (Wildman–Crippen MR) is 87.1 cm³/mol. The third kappa shape index (κ3) is 4.05. The SMILES string of the molecule is CCOC(=O)c1nc(-c2cccc(Cl)c2)sc1CC(C)C. The van der Waals surface area contributed by atoms with Crippen LogP contribution in [-0.2, 0) is 11.2 Å². The first-order valence-corrected chi connectivity index (χ1v) is 8.13. The number of carbonyl (C=O) groups excluding carboxylic acids is 1. The van der Waals surface area contributed by atoms with Crippen LogP contribution in [0, 0.1) is 5.92 Å². The molecule has 0 bridgehead atoms. The molecule has 0 unspecified atom stereocenters. The van der Waals surface area contributed by atoms with Gasteiger partial charge in [0.2, 0.25) is 0 Å². The van der Waals surface area contributed by atoms with E-state index >= 15 is 0 Å². The van der Waals surface area contributed by atoms with Gasteiger partial charge in [0.05, 0.1) is 6.61 Å². The zero-order valence-electron chi connectivity index (χ0n) is 12.4. The number of ether oxygens (including phenoxy) is 1. The molecule has 0 fully saturated rings. The number of hydrogen-bond donors (Lipinski definition) is 0. The van der Waals surface area contributed by atoms with Crippen LogP contribution in [0.25, 0.3) is 10.6 Å². The van der Waals surface area contributed by atoms with E-state index in [0.717, 1.165) is 21.9 Å². The zero-order valence-corrected chi connectivity index (χ0v) is 13.9. The Bertz CT molecular complexity index is 637. The van der Waals surface area contributed by atoms with Crippen molar-refractivity contribution < 1.29 is 9.53 Å². The normalized spacial score (nSPS) is 10.9. The second kappa shape index (κ2) is 7.05. The first-order chi connectivity index (χ1) is 10.0. The van der Waals surface area contributed by atoms with E-state index in [1.54, 1.807) is 6.92 Å². The van der Waals surface area contributed by atoms with Crippen LogP contribution in [0.5, 0.6) is 0 Å².